The molecule has 1 saturated heterocycles. The second-order valence-electron chi connectivity index (χ2n) is 8.64. The van der Waals surface area contributed by atoms with Gasteiger partial charge in [-0.25, -0.2) is 15.0 Å². The fourth-order valence-electron chi connectivity index (χ4n) is 4.41. The molecule has 3 aromatic rings. The van der Waals surface area contributed by atoms with Gasteiger partial charge in [0.05, 0.1) is 17.3 Å². The number of nitrogens with zero attached hydrogens (tertiary/aromatic N) is 5. The fourth-order valence-corrected chi connectivity index (χ4v) is 5.27. The number of ether oxygens (including phenoxy) is 1. The molecule has 0 N–H and O–H groups in total. The Morgan fingerprint density at radius 3 is 2.38 bits per heavy atom. The summed E-state index contributed by atoms with van der Waals surface area (Å²) in [4.78, 5) is 42.1. The molecule has 4 rings (SSSR count). The topological polar surface area (TPSA) is 88.5 Å². The van der Waals surface area contributed by atoms with Gasteiger partial charge in [-0.05, 0) is 50.8 Å². The summed E-state index contributed by atoms with van der Waals surface area (Å²) < 4.78 is 5.58. The highest BCUT2D eigenvalue weighted by Gasteiger charge is 2.28. The lowest BCUT2D eigenvalue weighted by molar-refractivity contribution is -0.150. The maximum atomic E-state index is 12.6. The average molecular weight is 480 g/mol. The molecule has 0 atom stereocenters. The molecule has 0 bridgehead atoms. The molecule has 3 heterocycles. The summed E-state index contributed by atoms with van der Waals surface area (Å²) in [7, 11) is 0. The van der Waals surface area contributed by atoms with Crippen molar-refractivity contribution in [1.82, 2.24) is 15.0 Å². The number of esters is 1. The number of carbonyl (C=O) groups is 2. The largest absolute Gasteiger partial charge is 0.459 e. The second kappa shape index (κ2) is 10.3. The van der Waals surface area contributed by atoms with Gasteiger partial charge in [-0.1, -0.05) is 17.7 Å². The molecule has 1 amide bonds. The smallest absolute Gasteiger partial charge is 0.309 e. The Hall–Kier alpha value is -3.33. The van der Waals surface area contributed by atoms with Crippen LogP contribution >= 0.6 is 11.3 Å². The minimum Gasteiger partial charge on any atom is -0.459 e. The van der Waals surface area contributed by atoms with Crippen molar-refractivity contribution >= 4 is 40.0 Å². The SMILES string of the molecule is CC(=O)N(c1nc(COC(=O)C2CCN(c3ncccn3)CC2)cs1)c1c(C)cc(C)cc1C. The van der Waals surface area contributed by atoms with Crippen molar-refractivity contribution in [2.24, 2.45) is 5.92 Å². The van der Waals surface area contributed by atoms with Crippen molar-refractivity contribution in [2.75, 3.05) is 22.9 Å². The van der Waals surface area contributed by atoms with Crippen LogP contribution in [0.4, 0.5) is 16.8 Å². The zero-order valence-electron chi connectivity index (χ0n) is 19.9. The van der Waals surface area contributed by atoms with E-state index >= 15 is 0 Å². The van der Waals surface area contributed by atoms with Gasteiger partial charge in [0.15, 0.2) is 5.13 Å². The second-order valence-corrected chi connectivity index (χ2v) is 9.48. The first-order valence-corrected chi connectivity index (χ1v) is 12.2. The van der Waals surface area contributed by atoms with E-state index in [1.807, 2.05) is 26.2 Å². The van der Waals surface area contributed by atoms with E-state index in [0.29, 0.717) is 42.7 Å². The monoisotopic (exact) mass is 479 g/mol. The Bertz CT molecular complexity index is 1150. The van der Waals surface area contributed by atoms with Crippen LogP contribution in [0.5, 0.6) is 0 Å². The third-order valence-corrected chi connectivity index (χ3v) is 6.81. The van der Waals surface area contributed by atoms with Crippen LogP contribution in [0, 0.1) is 26.7 Å². The molecule has 0 spiro atoms. The predicted octanol–water partition coefficient (Wildman–Crippen LogP) is 4.50. The average Bonchev–Trinajstić information content (AvgIpc) is 3.28. The molecule has 178 valence electrons. The number of amides is 1. The number of carbonyl (C=O) groups excluding carboxylic acids is 2. The summed E-state index contributed by atoms with van der Waals surface area (Å²) in [5.41, 5.74) is 4.67. The summed E-state index contributed by atoms with van der Waals surface area (Å²) in [5.74, 6) is 0.224. The van der Waals surface area contributed by atoms with Crippen LogP contribution in [0.15, 0.2) is 36.0 Å². The van der Waals surface area contributed by atoms with E-state index in [2.05, 4.69) is 32.0 Å². The zero-order valence-corrected chi connectivity index (χ0v) is 20.8. The summed E-state index contributed by atoms with van der Waals surface area (Å²) in [6.07, 6.45) is 4.84. The van der Waals surface area contributed by atoms with E-state index in [1.54, 1.807) is 23.4 Å². The normalized spacial score (nSPS) is 14.2. The van der Waals surface area contributed by atoms with Gasteiger partial charge in [-0.3, -0.25) is 14.5 Å². The highest BCUT2D eigenvalue weighted by Crippen LogP contribution is 2.34. The third kappa shape index (κ3) is 5.25. The molecule has 1 fully saturated rings. The van der Waals surface area contributed by atoms with Gasteiger partial charge in [0, 0.05) is 37.8 Å². The molecule has 8 nitrogen and oxygen atoms in total. The molecular weight excluding hydrogens is 450 g/mol. The van der Waals surface area contributed by atoms with Crippen LogP contribution in [0.3, 0.4) is 0 Å². The Morgan fingerprint density at radius 1 is 1.12 bits per heavy atom. The summed E-state index contributed by atoms with van der Waals surface area (Å²) in [6.45, 7) is 9.09. The van der Waals surface area contributed by atoms with Crippen LogP contribution in [0.25, 0.3) is 0 Å². The molecule has 2 aromatic heterocycles. The minimum absolute atomic E-state index is 0.0922. The van der Waals surface area contributed by atoms with Gasteiger partial charge >= 0.3 is 5.97 Å². The number of thiazole rings is 1. The van der Waals surface area contributed by atoms with E-state index in [4.69, 9.17) is 4.74 Å². The van der Waals surface area contributed by atoms with Gasteiger partial charge in [0.1, 0.15) is 6.61 Å². The molecule has 9 heteroatoms. The molecule has 1 aliphatic rings. The molecule has 1 aliphatic heterocycles. The lowest BCUT2D eigenvalue weighted by atomic mass is 9.97. The number of rotatable bonds is 6. The summed E-state index contributed by atoms with van der Waals surface area (Å²) in [5, 5.41) is 2.41. The van der Waals surface area contributed by atoms with E-state index in [-0.39, 0.29) is 24.4 Å². The lowest BCUT2D eigenvalue weighted by Gasteiger charge is -2.30. The predicted molar refractivity (Wildman–Crippen MR) is 132 cm³/mol. The van der Waals surface area contributed by atoms with Gasteiger partial charge in [0.2, 0.25) is 11.9 Å². The lowest BCUT2D eigenvalue weighted by Crippen LogP contribution is -2.37. The van der Waals surface area contributed by atoms with E-state index in [0.717, 1.165) is 22.4 Å². The Labute approximate surface area is 203 Å². The quantitative estimate of drug-likeness (QED) is 0.481. The van der Waals surface area contributed by atoms with Crippen LogP contribution in [0.2, 0.25) is 0 Å². The van der Waals surface area contributed by atoms with Crippen LogP contribution in [0.1, 0.15) is 42.1 Å². The van der Waals surface area contributed by atoms with Crippen molar-refractivity contribution in [3.63, 3.8) is 0 Å². The number of aromatic nitrogens is 3. The molecule has 0 aliphatic carbocycles. The van der Waals surface area contributed by atoms with E-state index in [1.165, 1.54) is 18.3 Å². The van der Waals surface area contributed by atoms with Crippen molar-refractivity contribution < 1.29 is 14.3 Å². The van der Waals surface area contributed by atoms with Gasteiger partial charge in [0.25, 0.3) is 0 Å². The van der Waals surface area contributed by atoms with Crippen molar-refractivity contribution in [1.29, 1.82) is 0 Å². The number of hydrogen-bond donors (Lipinski definition) is 0. The summed E-state index contributed by atoms with van der Waals surface area (Å²) >= 11 is 1.37. The standard InChI is InChI=1S/C25H29N5O3S/c1-16-12-17(2)22(18(3)13-16)30(19(4)31)25-28-21(15-34-25)14-33-23(32)20-6-10-29(11-7-20)24-26-8-5-9-27-24/h5,8-9,12-13,15,20H,6-7,10-11,14H2,1-4H3. The summed E-state index contributed by atoms with van der Waals surface area (Å²) in [6, 6.07) is 5.91. The number of hydrogen-bond acceptors (Lipinski definition) is 8. The van der Waals surface area contributed by atoms with E-state index in [9.17, 15) is 9.59 Å². The number of benzene rings is 1. The van der Waals surface area contributed by atoms with Crippen molar-refractivity contribution in [3.05, 3.63) is 58.4 Å². The molecule has 0 unspecified atom stereocenters. The fraction of sp³-hybridized carbons (Fsp3) is 0.400. The molecule has 34 heavy (non-hydrogen) atoms. The molecule has 0 radical (unpaired) electrons. The highest BCUT2D eigenvalue weighted by atomic mass is 32.1. The maximum absolute atomic E-state index is 12.6. The number of anilines is 3. The van der Waals surface area contributed by atoms with Gasteiger partial charge in [-0.2, -0.15) is 0 Å². The number of aryl methyl sites for hydroxylation is 3. The van der Waals surface area contributed by atoms with Gasteiger partial charge in [-0.15, -0.1) is 11.3 Å². The first kappa shape index (κ1) is 23.8. The molecule has 1 aromatic carbocycles. The maximum Gasteiger partial charge on any atom is 0.309 e. The van der Waals surface area contributed by atoms with Crippen LogP contribution in [-0.2, 0) is 20.9 Å². The molecule has 0 saturated carbocycles. The van der Waals surface area contributed by atoms with Crippen molar-refractivity contribution in [3.8, 4) is 0 Å². The zero-order chi connectivity index (χ0) is 24.2. The Kier molecular flexibility index (Phi) is 7.21. The Morgan fingerprint density at radius 2 is 1.76 bits per heavy atom. The Balaban J connectivity index is 1.37. The third-order valence-electron chi connectivity index (χ3n) is 5.93. The van der Waals surface area contributed by atoms with Gasteiger partial charge < -0.3 is 9.64 Å². The van der Waals surface area contributed by atoms with Crippen LogP contribution < -0.4 is 9.80 Å². The number of piperidine rings is 1. The first-order valence-electron chi connectivity index (χ1n) is 11.3. The van der Waals surface area contributed by atoms with Crippen LogP contribution in [-0.4, -0.2) is 39.9 Å². The minimum atomic E-state index is -0.211. The highest BCUT2D eigenvalue weighted by molar-refractivity contribution is 7.14. The molecular formula is C25H29N5O3S. The van der Waals surface area contributed by atoms with E-state index < -0.39 is 0 Å². The van der Waals surface area contributed by atoms with Crippen molar-refractivity contribution in [2.45, 2.75) is 47.1 Å². The first-order chi connectivity index (χ1) is 16.3.